The molecule has 0 saturated heterocycles. The number of aromatic nitrogens is 1. The lowest BCUT2D eigenvalue weighted by atomic mass is 9.86. The van der Waals surface area contributed by atoms with E-state index in [1.165, 1.54) is 6.07 Å². The molecule has 0 aliphatic heterocycles. The number of benzene rings is 1. The molecule has 1 heterocycles. The summed E-state index contributed by atoms with van der Waals surface area (Å²) < 4.78 is 65.6. The van der Waals surface area contributed by atoms with Gasteiger partial charge in [0.25, 0.3) is 5.91 Å². The lowest BCUT2D eigenvalue weighted by Crippen LogP contribution is -2.43. The van der Waals surface area contributed by atoms with Crippen LogP contribution in [0.15, 0.2) is 17.0 Å². The number of aliphatic hydroxyl groups is 1. The highest BCUT2D eigenvalue weighted by atomic mass is 35.5. The summed E-state index contributed by atoms with van der Waals surface area (Å²) >= 11 is 13.8. The minimum absolute atomic E-state index is 0.00198. The fraction of sp³-hybridized carbons (Fsp3) is 0.565. The third kappa shape index (κ3) is 7.36. The van der Waals surface area contributed by atoms with Gasteiger partial charge in [-0.1, -0.05) is 48.5 Å². The van der Waals surface area contributed by atoms with Crippen LogP contribution in [-0.4, -0.2) is 48.8 Å². The van der Waals surface area contributed by atoms with E-state index >= 15 is 0 Å². The Labute approximate surface area is 227 Å². The van der Waals surface area contributed by atoms with Gasteiger partial charge in [0.05, 0.1) is 26.2 Å². The van der Waals surface area contributed by atoms with E-state index in [1.807, 2.05) is 0 Å². The number of sulfonamides is 1. The molecule has 1 aliphatic carbocycles. The lowest BCUT2D eigenvalue weighted by molar-refractivity contribution is -0.147. The SMILES string of the molecule is CC(NS(=O)(=O)c1ccc(-c2sc(C(=O)NCC(C)(C)O)nc2C2CCCCC2)c(Cl)c1Cl)C(F)(F)F. The molecule has 1 amide bonds. The van der Waals surface area contributed by atoms with Crippen molar-refractivity contribution in [3.8, 4) is 10.4 Å². The minimum atomic E-state index is -4.79. The van der Waals surface area contributed by atoms with Gasteiger partial charge in [-0.3, -0.25) is 4.79 Å². The summed E-state index contributed by atoms with van der Waals surface area (Å²) in [5.41, 5.74) is -0.165. The maximum Gasteiger partial charge on any atom is 0.404 e. The summed E-state index contributed by atoms with van der Waals surface area (Å²) in [6.45, 7) is 3.78. The fourth-order valence-corrected chi connectivity index (χ4v) is 7.18. The van der Waals surface area contributed by atoms with Crippen LogP contribution < -0.4 is 10.0 Å². The number of hydrogen-bond donors (Lipinski definition) is 3. The first-order valence-electron chi connectivity index (χ1n) is 11.6. The van der Waals surface area contributed by atoms with Crippen molar-refractivity contribution in [2.75, 3.05) is 6.54 Å². The van der Waals surface area contributed by atoms with E-state index in [0.29, 0.717) is 23.1 Å². The zero-order valence-electron chi connectivity index (χ0n) is 20.4. The van der Waals surface area contributed by atoms with E-state index in [2.05, 4.69) is 10.3 Å². The van der Waals surface area contributed by atoms with Crippen LogP contribution in [0.4, 0.5) is 13.2 Å². The maximum atomic E-state index is 12.9. The number of carbonyl (C=O) groups is 1. The predicted molar refractivity (Wildman–Crippen MR) is 138 cm³/mol. The molecular weight excluding hydrogens is 574 g/mol. The third-order valence-corrected chi connectivity index (χ3v) is 9.61. The largest absolute Gasteiger partial charge is 0.404 e. The number of thiazole rings is 1. The van der Waals surface area contributed by atoms with Crippen molar-refractivity contribution in [3.05, 3.63) is 32.9 Å². The maximum absolute atomic E-state index is 12.9. The Balaban J connectivity index is 2.04. The van der Waals surface area contributed by atoms with E-state index in [4.69, 9.17) is 23.2 Å². The number of amides is 1. The number of nitrogens with one attached hydrogen (secondary N) is 2. The second-order valence-corrected chi connectivity index (χ2v) is 13.1. The molecule has 1 atom stereocenters. The van der Waals surface area contributed by atoms with Crippen LogP contribution in [0.1, 0.15) is 74.3 Å². The summed E-state index contributed by atoms with van der Waals surface area (Å²) in [5.74, 6) is -0.439. The van der Waals surface area contributed by atoms with Crippen molar-refractivity contribution < 1.29 is 31.5 Å². The Bertz CT molecular complexity index is 1260. The van der Waals surface area contributed by atoms with Crippen molar-refractivity contribution in [3.63, 3.8) is 0 Å². The van der Waals surface area contributed by atoms with E-state index in [0.717, 1.165) is 49.5 Å². The highest BCUT2D eigenvalue weighted by Gasteiger charge is 2.39. The van der Waals surface area contributed by atoms with Crippen LogP contribution in [0.2, 0.25) is 10.0 Å². The predicted octanol–water partition coefficient (Wildman–Crippen LogP) is 5.89. The van der Waals surface area contributed by atoms with Gasteiger partial charge in [-0.25, -0.2) is 13.4 Å². The number of hydrogen-bond acceptors (Lipinski definition) is 6. The van der Waals surface area contributed by atoms with E-state index < -0.39 is 43.7 Å². The van der Waals surface area contributed by atoms with Crippen LogP contribution in [0, 0.1) is 0 Å². The van der Waals surface area contributed by atoms with Crippen LogP contribution in [0.3, 0.4) is 0 Å². The summed E-state index contributed by atoms with van der Waals surface area (Å²) in [7, 11) is -4.64. The van der Waals surface area contributed by atoms with Crippen LogP contribution in [-0.2, 0) is 10.0 Å². The van der Waals surface area contributed by atoms with Crippen molar-refractivity contribution in [2.45, 2.75) is 81.5 Å². The average molecular weight is 603 g/mol. The normalized spacial score (nSPS) is 16.6. The van der Waals surface area contributed by atoms with Crippen LogP contribution in [0.25, 0.3) is 10.4 Å². The van der Waals surface area contributed by atoms with Gasteiger partial charge >= 0.3 is 6.18 Å². The first-order valence-corrected chi connectivity index (χ1v) is 14.7. The molecule has 3 rings (SSSR count). The number of rotatable bonds is 8. The van der Waals surface area contributed by atoms with Gasteiger partial charge in [0.15, 0.2) is 5.01 Å². The van der Waals surface area contributed by atoms with Crippen LogP contribution in [0.5, 0.6) is 0 Å². The quantitative estimate of drug-likeness (QED) is 0.349. The first kappa shape index (κ1) is 30.1. The molecule has 1 saturated carbocycles. The molecule has 0 spiro atoms. The fourth-order valence-electron chi connectivity index (χ4n) is 3.92. The summed E-state index contributed by atoms with van der Waals surface area (Å²) in [6, 6.07) is 0.114. The molecule has 0 bridgehead atoms. The second kappa shape index (κ2) is 11.4. The van der Waals surface area contributed by atoms with E-state index in [9.17, 15) is 31.5 Å². The van der Waals surface area contributed by atoms with Gasteiger partial charge in [0, 0.05) is 18.0 Å². The molecule has 1 fully saturated rings. The number of halogens is 5. The minimum Gasteiger partial charge on any atom is -0.389 e. The van der Waals surface area contributed by atoms with Gasteiger partial charge in [-0.2, -0.15) is 17.9 Å². The molecule has 37 heavy (non-hydrogen) atoms. The molecule has 1 aromatic heterocycles. The van der Waals surface area contributed by atoms with Gasteiger partial charge in [0.2, 0.25) is 10.0 Å². The van der Waals surface area contributed by atoms with Crippen molar-refractivity contribution in [1.29, 1.82) is 0 Å². The molecule has 3 N–H and O–H groups in total. The molecule has 14 heteroatoms. The Hall–Kier alpha value is -1.44. The Kier molecular flexibility index (Phi) is 9.24. The molecule has 0 radical (unpaired) electrons. The molecule has 2 aromatic rings. The zero-order valence-corrected chi connectivity index (χ0v) is 23.5. The smallest absolute Gasteiger partial charge is 0.389 e. The van der Waals surface area contributed by atoms with Gasteiger partial charge < -0.3 is 10.4 Å². The van der Waals surface area contributed by atoms with Gasteiger partial charge in [0.1, 0.15) is 10.9 Å². The number of carbonyl (C=O) groups excluding carboxylic acids is 1. The van der Waals surface area contributed by atoms with Crippen LogP contribution >= 0.6 is 34.5 Å². The highest BCUT2D eigenvalue weighted by Crippen LogP contribution is 2.45. The molecule has 7 nitrogen and oxygen atoms in total. The number of nitrogens with zero attached hydrogens (tertiary/aromatic N) is 1. The van der Waals surface area contributed by atoms with Crippen molar-refractivity contribution in [1.82, 2.24) is 15.0 Å². The van der Waals surface area contributed by atoms with Crippen molar-refractivity contribution >= 4 is 50.5 Å². The van der Waals surface area contributed by atoms with E-state index in [1.54, 1.807) is 18.6 Å². The summed E-state index contributed by atoms with van der Waals surface area (Å²) in [6.07, 6.45) is -0.0509. The number of alkyl halides is 3. The Morgan fingerprint density at radius 2 is 1.81 bits per heavy atom. The molecule has 1 aromatic carbocycles. The Morgan fingerprint density at radius 3 is 2.38 bits per heavy atom. The topological polar surface area (TPSA) is 108 Å². The van der Waals surface area contributed by atoms with E-state index in [-0.39, 0.29) is 22.5 Å². The third-order valence-electron chi connectivity index (χ3n) is 5.92. The molecule has 1 aliphatic rings. The first-order chi connectivity index (χ1) is 17.0. The van der Waals surface area contributed by atoms with Gasteiger partial charge in [-0.05, 0) is 39.7 Å². The van der Waals surface area contributed by atoms with Gasteiger partial charge in [-0.15, -0.1) is 11.3 Å². The van der Waals surface area contributed by atoms with Crippen molar-refractivity contribution in [2.24, 2.45) is 0 Å². The second-order valence-electron chi connectivity index (χ2n) is 9.69. The molecular formula is C23H28Cl2F3N3O4S2. The standard InChI is InChI=1S/C23H28Cl2F3N3O4S2/c1-12(23(26,27)28)31-37(34,35)15-10-9-14(16(24)17(15)25)19-18(13-7-5-4-6-8-13)30-21(36-19)20(32)29-11-22(2,3)33/h9-10,12-13,31,33H,4-8,11H2,1-3H3,(H,29,32). The summed E-state index contributed by atoms with van der Waals surface area (Å²) in [5, 5.41) is 12.1. The lowest BCUT2D eigenvalue weighted by Gasteiger charge is -2.21. The summed E-state index contributed by atoms with van der Waals surface area (Å²) in [4.78, 5) is 17.3. The average Bonchev–Trinajstić information content (AvgIpc) is 3.23. The zero-order chi connectivity index (χ0) is 27.8. The monoisotopic (exact) mass is 601 g/mol. The Morgan fingerprint density at radius 1 is 1.19 bits per heavy atom. The molecule has 206 valence electrons. The highest BCUT2D eigenvalue weighted by molar-refractivity contribution is 7.89. The molecule has 1 unspecified atom stereocenters.